The molecule has 3 rings (SSSR count). The van der Waals surface area contributed by atoms with Crippen molar-refractivity contribution in [3.63, 3.8) is 0 Å². The molecule has 2 aromatic carbocycles. The van der Waals surface area contributed by atoms with Gasteiger partial charge in [-0.1, -0.05) is 30.3 Å². The van der Waals surface area contributed by atoms with Crippen LogP contribution >= 0.6 is 11.3 Å². The van der Waals surface area contributed by atoms with Crippen LogP contribution in [0.2, 0.25) is 0 Å². The van der Waals surface area contributed by atoms with Gasteiger partial charge in [-0.05, 0) is 36.8 Å². The average Bonchev–Trinajstić information content (AvgIpc) is 3.12. The third-order valence-corrected chi connectivity index (χ3v) is 5.99. The van der Waals surface area contributed by atoms with Crippen LogP contribution in [0.1, 0.15) is 22.4 Å². The quantitative estimate of drug-likeness (QED) is 0.380. The zero-order chi connectivity index (χ0) is 23.3. The highest BCUT2D eigenvalue weighted by molar-refractivity contribution is 7.88. The van der Waals surface area contributed by atoms with E-state index >= 15 is 0 Å². The summed E-state index contributed by atoms with van der Waals surface area (Å²) in [4.78, 5) is 17.8. The van der Waals surface area contributed by atoms with Crippen molar-refractivity contribution in [1.29, 1.82) is 0 Å². The lowest BCUT2D eigenvalue weighted by Gasteiger charge is -2.22. The van der Waals surface area contributed by atoms with Gasteiger partial charge in [0.25, 0.3) is 0 Å². The van der Waals surface area contributed by atoms with Crippen molar-refractivity contribution in [3.05, 3.63) is 70.7 Å². The fourth-order valence-corrected chi connectivity index (χ4v) is 4.40. The SMILES string of the molecule is Cc1sc(N(Cc2ccccc2)c2ccc(OCC(=O)O)cc2)nc1C(O)NS(C)(=O)=O. The van der Waals surface area contributed by atoms with E-state index in [9.17, 15) is 18.3 Å². The molecule has 32 heavy (non-hydrogen) atoms. The fraction of sp³-hybridized carbons (Fsp3) is 0.238. The van der Waals surface area contributed by atoms with Crippen LogP contribution in [0, 0.1) is 6.92 Å². The number of aryl methyl sites for hydroxylation is 1. The number of carboxylic acids is 1. The Labute approximate surface area is 190 Å². The van der Waals surface area contributed by atoms with Gasteiger partial charge in [-0.25, -0.2) is 18.2 Å². The number of ether oxygens (including phenoxy) is 1. The summed E-state index contributed by atoms with van der Waals surface area (Å²) in [5.74, 6) is -0.647. The van der Waals surface area contributed by atoms with Crippen molar-refractivity contribution in [2.75, 3.05) is 17.8 Å². The Morgan fingerprint density at radius 1 is 1.19 bits per heavy atom. The molecule has 0 saturated heterocycles. The minimum absolute atomic E-state index is 0.231. The Morgan fingerprint density at radius 3 is 2.44 bits per heavy atom. The molecule has 3 aromatic rings. The van der Waals surface area contributed by atoms with Crippen molar-refractivity contribution < 1.29 is 28.2 Å². The number of aliphatic hydroxyl groups is 1. The van der Waals surface area contributed by atoms with Gasteiger partial charge in [0.2, 0.25) is 10.0 Å². The second kappa shape index (κ2) is 10.1. The van der Waals surface area contributed by atoms with Gasteiger partial charge in [0.05, 0.1) is 12.8 Å². The molecule has 3 N–H and O–H groups in total. The molecule has 1 aromatic heterocycles. The third kappa shape index (κ3) is 6.50. The molecule has 1 heterocycles. The highest BCUT2D eigenvalue weighted by Crippen LogP contribution is 2.35. The zero-order valence-corrected chi connectivity index (χ0v) is 19.1. The van der Waals surface area contributed by atoms with Crippen molar-refractivity contribution in [1.82, 2.24) is 9.71 Å². The van der Waals surface area contributed by atoms with Crippen LogP contribution in [0.3, 0.4) is 0 Å². The molecule has 1 atom stereocenters. The summed E-state index contributed by atoms with van der Waals surface area (Å²) in [7, 11) is -3.62. The molecule has 0 bridgehead atoms. The summed E-state index contributed by atoms with van der Waals surface area (Å²) in [6.07, 6.45) is -0.491. The number of rotatable bonds is 10. The summed E-state index contributed by atoms with van der Waals surface area (Å²) in [6.45, 7) is 1.79. The topological polar surface area (TPSA) is 129 Å². The van der Waals surface area contributed by atoms with E-state index in [0.717, 1.165) is 17.5 Å². The van der Waals surface area contributed by atoms with Gasteiger partial charge in [0, 0.05) is 10.6 Å². The molecule has 0 fully saturated rings. The summed E-state index contributed by atoms with van der Waals surface area (Å²) in [5, 5.41) is 19.6. The largest absolute Gasteiger partial charge is 0.482 e. The van der Waals surface area contributed by atoms with Crippen LogP contribution in [-0.2, 0) is 21.4 Å². The molecule has 0 aliphatic rings. The van der Waals surface area contributed by atoms with Gasteiger partial charge in [0.15, 0.2) is 18.0 Å². The second-order valence-corrected chi connectivity index (χ2v) is 9.94. The van der Waals surface area contributed by atoms with E-state index in [4.69, 9.17) is 9.84 Å². The van der Waals surface area contributed by atoms with E-state index in [2.05, 4.69) is 9.71 Å². The van der Waals surface area contributed by atoms with Gasteiger partial charge < -0.3 is 19.8 Å². The highest BCUT2D eigenvalue weighted by atomic mass is 32.2. The number of nitrogens with one attached hydrogen (secondary N) is 1. The number of hydrogen-bond acceptors (Lipinski definition) is 8. The molecule has 0 aliphatic heterocycles. The second-order valence-electron chi connectivity index (χ2n) is 6.98. The number of aromatic nitrogens is 1. The van der Waals surface area contributed by atoms with E-state index in [1.807, 2.05) is 35.2 Å². The monoisotopic (exact) mass is 477 g/mol. The van der Waals surface area contributed by atoms with Crippen LogP contribution < -0.4 is 14.4 Å². The number of benzene rings is 2. The summed E-state index contributed by atoms with van der Waals surface area (Å²) in [6, 6.07) is 16.6. The standard InChI is InChI=1S/C21H23N3O6S2/c1-14-19(20(27)23-32(2,28)29)22-21(31-14)24(12-15-6-4-3-5-7-15)16-8-10-17(11-9-16)30-13-18(25)26/h3-11,20,23,27H,12-13H2,1-2H3,(H,25,26). The van der Waals surface area contributed by atoms with E-state index in [-0.39, 0.29) is 5.69 Å². The van der Waals surface area contributed by atoms with Crippen molar-refractivity contribution in [2.24, 2.45) is 0 Å². The van der Waals surface area contributed by atoms with Gasteiger partial charge >= 0.3 is 5.97 Å². The molecule has 1 unspecified atom stereocenters. The summed E-state index contributed by atoms with van der Waals surface area (Å²) >= 11 is 1.32. The third-order valence-electron chi connectivity index (χ3n) is 4.33. The van der Waals surface area contributed by atoms with Crippen LogP contribution in [0.4, 0.5) is 10.8 Å². The number of thiazole rings is 1. The number of anilines is 2. The molecule has 0 spiro atoms. The van der Waals surface area contributed by atoms with Gasteiger partial charge in [-0.2, -0.15) is 4.72 Å². The highest BCUT2D eigenvalue weighted by Gasteiger charge is 2.22. The van der Waals surface area contributed by atoms with E-state index in [1.165, 1.54) is 11.3 Å². The summed E-state index contributed by atoms with van der Waals surface area (Å²) in [5.41, 5.74) is 2.01. The molecule has 9 nitrogen and oxygen atoms in total. The predicted octanol–water partition coefficient (Wildman–Crippen LogP) is 2.79. The fourth-order valence-electron chi connectivity index (χ4n) is 2.92. The van der Waals surface area contributed by atoms with Crippen LogP contribution in [-0.4, -0.2) is 42.4 Å². The van der Waals surface area contributed by atoms with Crippen LogP contribution in [0.5, 0.6) is 5.75 Å². The predicted molar refractivity (Wildman–Crippen MR) is 122 cm³/mol. The molecule has 11 heteroatoms. The molecule has 0 aliphatic carbocycles. The lowest BCUT2D eigenvalue weighted by Crippen LogP contribution is -2.27. The smallest absolute Gasteiger partial charge is 0.341 e. The number of hydrogen-bond donors (Lipinski definition) is 3. The minimum atomic E-state index is -3.62. The molecular formula is C21H23N3O6S2. The molecular weight excluding hydrogens is 454 g/mol. The lowest BCUT2D eigenvalue weighted by atomic mass is 10.2. The number of sulfonamides is 1. The first-order chi connectivity index (χ1) is 15.1. The van der Waals surface area contributed by atoms with E-state index < -0.39 is 28.8 Å². The lowest BCUT2D eigenvalue weighted by molar-refractivity contribution is -0.139. The molecule has 170 valence electrons. The first kappa shape index (κ1) is 23.7. The summed E-state index contributed by atoms with van der Waals surface area (Å²) < 4.78 is 30.3. The van der Waals surface area contributed by atoms with Crippen LogP contribution in [0.25, 0.3) is 0 Å². The minimum Gasteiger partial charge on any atom is -0.482 e. The molecule has 0 saturated carbocycles. The first-order valence-corrected chi connectivity index (χ1v) is 12.2. The molecule has 0 radical (unpaired) electrons. The Bertz CT molecular complexity index is 1160. The first-order valence-electron chi connectivity index (χ1n) is 9.51. The maximum absolute atomic E-state index is 11.5. The van der Waals surface area contributed by atoms with Gasteiger partial charge in [-0.15, -0.1) is 11.3 Å². The maximum atomic E-state index is 11.5. The van der Waals surface area contributed by atoms with Gasteiger partial charge in [0.1, 0.15) is 11.4 Å². The maximum Gasteiger partial charge on any atom is 0.341 e. The van der Waals surface area contributed by atoms with Crippen molar-refractivity contribution in [2.45, 2.75) is 19.7 Å². The van der Waals surface area contributed by atoms with Crippen molar-refractivity contribution >= 4 is 38.1 Å². The van der Waals surface area contributed by atoms with Crippen LogP contribution in [0.15, 0.2) is 54.6 Å². The number of aliphatic carboxylic acids is 1. The molecule has 0 amide bonds. The Kier molecular flexibility index (Phi) is 7.46. The Morgan fingerprint density at radius 2 is 1.84 bits per heavy atom. The zero-order valence-electron chi connectivity index (χ0n) is 17.4. The number of nitrogens with zero attached hydrogens (tertiary/aromatic N) is 2. The average molecular weight is 478 g/mol. The number of carbonyl (C=O) groups is 1. The van der Waals surface area contributed by atoms with Crippen molar-refractivity contribution in [3.8, 4) is 5.75 Å². The Balaban J connectivity index is 1.93. The van der Waals surface area contributed by atoms with E-state index in [0.29, 0.717) is 22.3 Å². The van der Waals surface area contributed by atoms with Gasteiger partial charge in [-0.3, -0.25) is 0 Å². The Hall–Kier alpha value is -2.99. The number of carboxylic acid groups (broad SMARTS) is 1. The normalized spacial score (nSPS) is 12.3. The van der Waals surface area contributed by atoms with E-state index in [1.54, 1.807) is 31.2 Å². The number of aliphatic hydroxyl groups excluding tert-OH is 1.